The Morgan fingerprint density at radius 2 is 2.00 bits per heavy atom. The van der Waals surface area contributed by atoms with Gasteiger partial charge in [-0.05, 0) is 24.6 Å². The van der Waals surface area contributed by atoms with E-state index in [9.17, 15) is 21.6 Å². The van der Waals surface area contributed by atoms with E-state index in [1.807, 2.05) is 0 Å². The molecule has 0 radical (unpaired) electrons. The van der Waals surface area contributed by atoms with Gasteiger partial charge >= 0.3 is 6.18 Å². The first-order valence-electron chi connectivity index (χ1n) is 6.00. The van der Waals surface area contributed by atoms with Gasteiger partial charge in [0.05, 0.1) is 28.4 Å². The van der Waals surface area contributed by atoms with Gasteiger partial charge < -0.3 is 10.6 Å². The summed E-state index contributed by atoms with van der Waals surface area (Å²) in [6.45, 7) is 0. The fraction of sp³-hybridized carbons (Fsp3) is 0.500. The van der Waals surface area contributed by atoms with Crippen LogP contribution in [0.4, 0.5) is 24.5 Å². The van der Waals surface area contributed by atoms with Gasteiger partial charge in [0.25, 0.3) is 0 Å². The van der Waals surface area contributed by atoms with Crippen LogP contribution >= 0.6 is 0 Å². The van der Waals surface area contributed by atoms with Crippen molar-refractivity contribution >= 4 is 21.2 Å². The van der Waals surface area contributed by atoms with Gasteiger partial charge in [-0.3, -0.25) is 0 Å². The number of sulfone groups is 1. The smallest absolute Gasteiger partial charge is 0.397 e. The lowest BCUT2D eigenvalue weighted by Gasteiger charge is -2.27. The second-order valence-corrected chi connectivity index (χ2v) is 7.17. The predicted molar refractivity (Wildman–Crippen MR) is 71.3 cm³/mol. The topological polar surface area (TPSA) is 63.4 Å². The summed E-state index contributed by atoms with van der Waals surface area (Å²) in [5.74, 6) is 0.104. The number of hydrogen-bond donors (Lipinski definition) is 1. The molecule has 0 amide bonds. The molecule has 1 aromatic carbocycles. The minimum atomic E-state index is -4.44. The summed E-state index contributed by atoms with van der Waals surface area (Å²) in [6.07, 6.45) is -3.98. The average molecular weight is 308 g/mol. The molecule has 4 nitrogen and oxygen atoms in total. The van der Waals surface area contributed by atoms with Crippen LogP contribution < -0.4 is 10.6 Å². The van der Waals surface area contributed by atoms with Gasteiger partial charge in [0.2, 0.25) is 0 Å². The molecule has 8 heteroatoms. The summed E-state index contributed by atoms with van der Waals surface area (Å²) in [7, 11) is -1.41. The van der Waals surface area contributed by atoms with E-state index in [1.165, 1.54) is 6.07 Å². The molecule has 1 fully saturated rings. The van der Waals surface area contributed by atoms with E-state index >= 15 is 0 Å². The Bertz CT molecular complexity index is 614. The number of halogens is 3. The Balaban J connectivity index is 2.26. The predicted octanol–water partition coefficient (Wildman–Crippen LogP) is 1.91. The molecular weight excluding hydrogens is 293 g/mol. The molecule has 0 spiro atoms. The van der Waals surface area contributed by atoms with Gasteiger partial charge in [-0.15, -0.1) is 0 Å². The maximum Gasteiger partial charge on any atom is 0.416 e. The molecule has 0 aromatic heterocycles. The van der Waals surface area contributed by atoms with Crippen LogP contribution in [0, 0.1) is 0 Å². The van der Waals surface area contributed by atoms with Crippen molar-refractivity contribution < 1.29 is 21.6 Å². The van der Waals surface area contributed by atoms with Gasteiger partial charge in [-0.1, -0.05) is 0 Å². The Morgan fingerprint density at radius 1 is 1.35 bits per heavy atom. The molecule has 20 heavy (non-hydrogen) atoms. The van der Waals surface area contributed by atoms with Crippen molar-refractivity contribution in [2.75, 3.05) is 29.2 Å². The fourth-order valence-corrected chi connectivity index (χ4v) is 4.10. The standard InChI is InChI=1S/C12H15F3N2O2S/c1-17(9-4-5-20(18,19)7-9)11-3-2-8(6-10(11)16)12(13,14)15/h2-3,6,9H,4-5,7,16H2,1H3. The molecule has 0 aliphatic carbocycles. The van der Waals surface area contributed by atoms with Crippen molar-refractivity contribution in [3.63, 3.8) is 0 Å². The third kappa shape index (κ3) is 3.00. The van der Waals surface area contributed by atoms with Crippen LogP contribution in [0.15, 0.2) is 18.2 Å². The monoisotopic (exact) mass is 308 g/mol. The zero-order valence-corrected chi connectivity index (χ0v) is 11.6. The number of nitrogens with zero attached hydrogens (tertiary/aromatic N) is 1. The Labute approximate surface area is 115 Å². The maximum absolute atomic E-state index is 12.6. The van der Waals surface area contributed by atoms with Gasteiger partial charge in [0.1, 0.15) is 0 Å². The van der Waals surface area contributed by atoms with Gasteiger partial charge in [0.15, 0.2) is 9.84 Å². The lowest BCUT2D eigenvalue weighted by atomic mass is 10.1. The van der Waals surface area contributed by atoms with E-state index < -0.39 is 21.6 Å². The van der Waals surface area contributed by atoms with Gasteiger partial charge in [0, 0.05) is 13.1 Å². The second-order valence-electron chi connectivity index (χ2n) is 4.94. The number of nitrogen functional groups attached to an aromatic ring is 1. The van der Waals surface area contributed by atoms with E-state index in [1.54, 1.807) is 11.9 Å². The molecule has 112 valence electrons. The van der Waals surface area contributed by atoms with Gasteiger partial charge in [-0.2, -0.15) is 13.2 Å². The van der Waals surface area contributed by atoms with Crippen molar-refractivity contribution in [1.29, 1.82) is 0 Å². The molecule has 1 atom stereocenters. The molecule has 1 saturated heterocycles. The van der Waals surface area contributed by atoms with Crippen LogP contribution in [0.5, 0.6) is 0 Å². The molecule has 1 heterocycles. The van der Waals surface area contributed by atoms with E-state index in [2.05, 4.69) is 0 Å². The molecule has 0 bridgehead atoms. The number of alkyl halides is 3. The summed E-state index contributed by atoms with van der Waals surface area (Å²) in [5.41, 5.74) is 5.26. The quantitative estimate of drug-likeness (QED) is 0.848. The zero-order valence-electron chi connectivity index (χ0n) is 10.8. The van der Waals surface area contributed by atoms with Crippen LogP contribution in [-0.4, -0.2) is 33.0 Å². The summed E-state index contributed by atoms with van der Waals surface area (Å²) < 4.78 is 60.5. The average Bonchev–Trinajstić information content (AvgIpc) is 2.67. The lowest BCUT2D eigenvalue weighted by Crippen LogP contribution is -2.33. The Hall–Kier alpha value is -1.44. The number of benzene rings is 1. The summed E-state index contributed by atoms with van der Waals surface area (Å²) in [5, 5.41) is 0. The Morgan fingerprint density at radius 3 is 2.45 bits per heavy atom. The highest BCUT2D eigenvalue weighted by Gasteiger charge is 2.33. The van der Waals surface area contributed by atoms with Crippen molar-refractivity contribution in [3.05, 3.63) is 23.8 Å². The first-order valence-corrected chi connectivity index (χ1v) is 7.82. The van der Waals surface area contributed by atoms with Crippen molar-refractivity contribution in [2.24, 2.45) is 0 Å². The maximum atomic E-state index is 12.6. The number of rotatable bonds is 2. The van der Waals surface area contributed by atoms with Crippen molar-refractivity contribution in [1.82, 2.24) is 0 Å². The van der Waals surface area contributed by atoms with Crippen molar-refractivity contribution in [3.8, 4) is 0 Å². The van der Waals surface area contributed by atoms with E-state index in [-0.39, 0.29) is 23.2 Å². The van der Waals surface area contributed by atoms with Crippen LogP contribution in [0.3, 0.4) is 0 Å². The SMILES string of the molecule is CN(c1ccc(C(F)(F)F)cc1N)C1CCS(=O)(=O)C1. The van der Waals surface area contributed by atoms with E-state index in [0.717, 1.165) is 12.1 Å². The molecule has 1 aliphatic heterocycles. The molecule has 0 saturated carbocycles. The summed E-state index contributed by atoms with van der Waals surface area (Å²) in [6, 6.07) is 2.85. The lowest BCUT2D eigenvalue weighted by molar-refractivity contribution is -0.137. The molecule has 2 N–H and O–H groups in total. The highest BCUT2D eigenvalue weighted by atomic mass is 32.2. The fourth-order valence-electron chi connectivity index (χ4n) is 2.33. The molecule has 1 aromatic rings. The number of anilines is 2. The van der Waals surface area contributed by atoms with Crippen LogP contribution in [-0.2, 0) is 16.0 Å². The highest BCUT2D eigenvalue weighted by Crippen LogP contribution is 2.35. The largest absolute Gasteiger partial charge is 0.416 e. The van der Waals surface area contributed by atoms with Crippen LogP contribution in [0.2, 0.25) is 0 Å². The number of hydrogen-bond acceptors (Lipinski definition) is 4. The third-order valence-corrected chi connectivity index (χ3v) is 5.24. The van der Waals surface area contributed by atoms with Crippen LogP contribution in [0.25, 0.3) is 0 Å². The first-order chi connectivity index (χ1) is 9.10. The summed E-state index contributed by atoms with van der Waals surface area (Å²) in [4.78, 5) is 1.64. The molecule has 2 rings (SSSR count). The molecule has 1 unspecified atom stereocenters. The Kier molecular flexibility index (Phi) is 3.62. The van der Waals surface area contributed by atoms with Crippen molar-refractivity contribution in [2.45, 2.75) is 18.6 Å². The second kappa shape index (κ2) is 4.83. The summed E-state index contributed by atoms with van der Waals surface area (Å²) >= 11 is 0. The minimum Gasteiger partial charge on any atom is -0.397 e. The van der Waals surface area contributed by atoms with E-state index in [4.69, 9.17) is 5.73 Å². The third-order valence-electron chi connectivity index (χ3n) is 3.49. The van der Waals surface area contributed by atoms with Crippen LogP contribution in [0.1, 0.15) is 12.0 Å². The van der Waals surface area contributed by atoms with Gasteiger partial charge in [-0.25, -0.2) is 8.42 Å². The highest BCUT2D eigenvalue weighted by molar-refractivity contribution is 7.91. The number of nitrogens with two attached hydrogens (primary N) is 1. The first kappa shape index (κ1) is 15.0. The van der Waals surface area contributed by atoms with E-state index in [0.29, 0.717) is 12.1 Å². The minimum absolute atomic E-state index is 0.00393. The normalized spacial score (nSPS) is 21.9. The molecular formula is C12H15F3N2O2S. The zero-order chi connectivity index (χ0) is 15.1. The molecule has 1 aliphatic rings.